The smallest absolute Gasteiger partial charge is 0.330 e. The van der Waals surface area contributed by atoms with E-state index in [0.717, 1.165) is 18.3 Å². The Hall–Kier alpha value is -3.43. The van der Waals surface area contributed by atoms with Crippen LogP contribution in [0, 0.1) is 0 Å². The minimum atomic E-state index is -4.53. The van der Waals surface area contributed by atoms with Crippen LogP contribution in [0.15, 0.2) is 43.1 Å². The Kier molecular flexibility index (Phi) is 5.53. The number of alkyl halides is 3. The highest BCUT2D eigenvalue weighted by molar-refractivity contribution is 5.97. The molecule has 1 N–H and O–H groups in total. The van der Waals surface area contributed by atoms with Crippen molar-refractivity contribution in [3.63, 3.8) is 0 Å². The third-order valence-electron chi connectivity index (χ3n) is 4.44. The van der Waals surface area contributed by atoms with Crippen LogP contribution in [0.2, 0.25) is 0 Å². The van der Waals surface area contributed by atoms with Crippen molar-refractivity contribution < 1.29 is 27.6 Å². The normalized spacial score (nSPS) is 14.8. The maximum atomic E-state index is 13.0. The summed E-state index contributed by atoms with van der Waals surface area (Å²) in [7, 11) is 0. The van der Waals surface area contributed by atoms with E-state index in [4.69, 9.17) is 0 Å². The molecule has 1 aromatic heterocycles. The van der Waals surface area contributed by atoms with E-state index < -0.39 is 17.6 Å². The molecule has 1 fully saturated rings. The standard InChI is InChI=1S/C19H17F3N4O3/c1-2-16(28)26-7-6-25(17(29)11-26)10-15(27)24-13-8-12-4-3-5-14(19(20,21)22)18(12)23-9-13/h2-5,8-9H,1,6-7,10-11H2,(H,24,27). The number of anilines is 1. The highest BCUT2D eigenvalue weighted by atomic mass is 19.4. The number of pyridine rings is 1. The lowest BCUT2D eigenvalue weighted by atomic mass is 10.1. The summed E-state index contributed by atoms with van der Waals surface area (Å²) < 4.78 is 39.1. The third kappa shape index (κ3) is 4.53. The number of benzene rings is 1. The minimum Gasteiger partial charge on any atom is -0.330 e. The van der Waals surface area contributed by atoms with Crippen LogP contribution in [0.1, 0.15) is 5.56 Å². The molecule has 2 aromatic rings. The zero-order valence-corrected chi connectivity index (χ0v) is 15.2. The number of nitrogens with one attached hydrogen (secondary N) is 1. The number of hydrogen-bond acceptors (Lipinski definition) is 4. The zero-order chi connectivity index (χ0) is 21.2. The van der Waals surface area contributed by atoms with E-state index >= 15 is 0 Å². The van der Waals surface area contributed by atoms with Crippen LogP contribution in [0.5, 0.6) is 0 Å². The van der Waals surface area contributed by atoms with Gasteiger partial charge in [-0.15, -0.1) is 0 Å². The first-order chi connectivity index (χ1) is 13.7. The molecule has 7 nitrogen and oxygen atoms in total. The topological polar surface area (TPSA) is 82.6 Å². The summed E-state index contributed by atoms with van der Waals surface area (Å²) in [6.45, 7) is 3.45. The molecule has 1 saturated heterocycles. The van der Waals surface area contributed by atoms with Gasteiger partial charge < -0.3 is 15.1 Å². The number of carbonyl (C=O) groups is 3. The summed E-state index contributed by atoms with van der Waals surface area (Å²) in [6, 6.07) is 5.06. The molecule has 0 spiro atoms. The van der Waals surface area contributed by atoms with Gasteiger partial charge in [0.05, 0.1) is 29.5 Å². The molecule has 0 bridgehead atoms. The van der Waals surface area contributed by atoms with E-state index in [0.29, 0.717) is 0 Å². The van der Waals surface area contributed by atoms with Gasteiger partial charge >= 0.3 is 6.18 Å². The average molecular weight is 406 g/mol. The Bertz CT molecular complexity index is 990. The fourth-order valence-electron chi connectivity index (χ4n) is 3.02. The molecular weight excluding hydrogens is 389 g/mol. The number of rotatable bonds is 4. The van der Waals surface area contributed by atoms with E-state index in [-0.39, 0.29) is 54.6 Å². The number of piperazine rings is 1. The molecule has 1 aliphatic heterocycles. The SMILES string of the molecule is C=CC(=O)N1CCN(CC(=O)Nc2cnc3c(C(F)(F)F)cccc3c2)C(=O)C1. The third-order valence-corrected chi connectivity index (χ3v) is 4.44. The second-order valence-electron chi connectivity index (χ2n) is 6.43. The molecular formula is C19H17F3N4O3. The quantitative estimate of drug-likeness (QED) is 0.788. The minimum absolute atomic E-state index is 0.143. The summed E-state index contributed by atoms with van der Waals surface area (Å²) in [5.41, 5.74) is -0.851. The molecule has 3 rings (SSSR count). The van der Waals surface area contributed by atoms with Crippen molar-refractivity contribution in [1.29, 1.82) is 0 Å². The number of nitrogens with zero attached hydrogens (tertiary/aromatic N) is 3. The number of fused-ring (bicyclic) bond motifs is 1. The van der Waals surface area contributed by atoms with Gasteiger partial charge in [0.15, 0.2) is 0 Å². The van der Waals surface area contributed by atoms with E-state index in [1.165, 1.54) is 28.0 Å². The average Bonchev–Trinajstić information content (AvgIpc) is 2.67. The van der Waals surface area contributed by atoms with Gasteiger partial charge in [-0.25, -0.2) is 0 Å². The van der Waals surface area contributed by atoms with Crippen molar-refractivity contribution >= 4 is 34.3 Å². The number of hydrogen-bond donors (Lipinski definition) is 1. The van der Waals surface area contributed by atoms with Crippen LogP contribution in [-0.4, -0.2) is 58.7 Å². The predicted molar refractivity (Wildman–Crippen MR) is 98.7 cm³/mol. The fourth-order valence-corrected chi connectivity index (χ4v) is 3.02. The molecule has 1 aromatic carbocycles. The van der Waals surface area contributed by atoms with Crippen LogP contribution in [0.4, 0.5) is 18.9 Å². The summed E-state index contributed by atoms with van der Waals surface area (Å²) in [4.78, 5) is 42.4. The number of aromatic nitrogens is 1. The largest absolute Gasteiger partial charge is 0.418 e. The van der Waals surface area contributed by atoms with Crippen molar-refractivity contribution in [3.05, 3.63) is 48.7 Å². The predicted octanol–water partition coefficient (Wildman–Crippen LogP) is 2.05. The van der Waals surface area contributed by atoms with E-state index in [1.54, 1.807) is 0 Å². The van der Waals surface area contributed by atoms with Crippen molar-refractivity contribution in [1.82, 2.24) is 14.8 Å². The van der Waals surface area contributed by atoms with Crippen LogP contribution in [-0.2, 0) is 20.6 Å². The number of para-hydroxylation sites is 1. The van der Waals surface area contributed by atoms with Crippen molar-refractivity contribution in [2.24, 2.45) is 0 Å². The lowest BCUT2D eigenvalue weighted by Gasteiger charge is -2.33. The van der Waals surface area contributed by atoms with Crippen LogP contribution in [0.25, 0.3) is 10.9 Å². The Morgan fingerprint density at radius 1 is 1.28 bits per heavy atom. The second kappa shape index (κ2) is 7.90. The van der Waals surface area contributed by atoms with Crippen molar-refractivity contribution in [3.8, 4) is 0 Å². The van der Waals surface area contributed by atoms with Crippen molar-refractivity contribution in [2.45, 2.75) is 6.18 Å². The van der Waals surface area contributed by atoms with Crippen LogP contribution in [0.3, 0.4) is 0 Å². The number of halogens is 3. The zero-order valence-electron chi connectivity index (χ0n) is 15.2. The molecule has 0 radical (unpaired) electrons. The van der Waals surface area contributed by atoms with E-state index in [9.17, 15) is 27.6 Å². The van der Waals surface area contributed by atoms with Gasteiger partial charge in [-0.05, 0) is 18.2 Å². The maximum absolute atomic E-state index is 13.0. The molecule has 0 aliphatic carbocycles. The van der Waals surface area contributed by atoms with Gasteiger partial charge in [0.25, 0.3) is 0 Å². The van der Waals surface area contributed by atoms with Crippen LogP contribution < -0.4 is 5.32 Å². The summed E-state index contributed by atoms with van der Waals surface area (Å²) in [5.74, 6) is -1.26. The molecule has 0 atom stereocenters. The monoisotopic (exact) mass is 406 g/mol. The summed E-state index contributed by atoms with van der Waals surface area (Å²) >= 11 is 0. The lowest BCUT2D eigenvalue weighted by Crippen LogP contribution is -2.53. The van der Waals surface area contributed by atoms with Gasteiger partial charge in [-0.1, -0.05) is 18.7 Å². The summed E-state index contributed by atoms with van der Waals surface area (Å²) in [6.07, 6.45) is -2.28. The first-order valence-corrected chi connectivity index (χ1v) is 8.64. The lowest BCUT2D eigenvalue weighted by molar-refractivity contribution is -0.144. The molecule has 0 saturated carbocycles. The highest BCUT2D eigenvalue weighted by Crippen LogP contribution is 2.34. The van der Waals surface area contributed by atoms with Gasteiger partial charge in [0.2, 0.25) is 17.7 Å². The molecule has 152 valence electrons. The van der Waals surface area contributed by atoms with Crippen molar-refractivity contribution in [2.75, 3.05) is 31.5 Å². The van der Waals surface area contributed by atoms with E-state index in [2.05, 4.69) is 16.9 Å². The van der Waals surface area contributed by atoms with Gasteiger partial charge in [0.1, 0.15) is 6.54 Å². The molecule has 3 amide bonds. The number of amides is 3. The van der Waals surface area contributed by atoms with Gasteiger partial charge in [-0.3, -0.25) is 19.4 Å². The molecule has 10 heteroatoms. The molecule has 2 heterocycles. The first-order valence-electron chi connectivity index (χ1n) is 8.64. The molecule has 1 aliphatic rings. The molecule has 0 unspecified atom stereocenters. The number of carbonyl (C=O) groups excluding carboxylic acids is 3. The Morgan fingerprint density at radius 3 is 2.69 bits per heavy atom. The Morgan fingerprint density at radius 2 is 2.03 bits per heavy atom. The van der Waals surface area contributed by atoms with Gasteiger partial charge in [0, 0.05) is 18.5 Å². The van der Waals surface area contributed by atoms with Crippen LogP contribution >= 0.6 is 0 Å². The fraction of sp³-hybridized carbons (Fsp3) is 0.263. The maximum Gasteiger partial charge on any atom is 0.418 e. The molecule has 29 heavy (non-hydrogen) atoms. The Labute approximate surface area is 163 Å². The first kappa shape index (κ1) is 20.3. The Balaban J connectivity index is 1.67. The van der Waals surface area contributed by atoms with E-state index in [1.807, 2.05) is 0 Å². The summed E-state index contributed by atoms with van der Waals surface area (Å²) in [5, 5.41) is 2.76. The van der Waals surface area contributed by atoms with Gasteiger partial charge in [-0.2, -0.15) is 13.2 Å². The second-order valence-corrected chi connectivity index (χ2v) is 6.43. The highest BCUT2D eigenvalue weighted by Gasteiger charge is 2.33.